The number of aliphatic hydroxyl groups excluding tert-OH is 1. The van der Waals surface area contributed by atoms with Crippen molar-refractivity contribution in [2.45, 2.75) is 133 Å². The maximum atomic E-state index is 12.5. The number of fused-ring (bicyclic) bond motifs is 5. The number of hydrogen-bond donors (Lipinski definition) is 6. The lowest BCUT2D eigenvalue weighted by Crippen LogP contribution is -2.49. The van der Waals surface area contributed by atoms with Gasteiger partial charge in [-0.05, 0) is 156 Å². The highest BCUT2D eigenvalue weighted by atomic mass is 19.4. The molecular weight excluding hydrogens is 643 g/mol. The van der Waals surface area contributed by atoms with E-state index in [0.29, 0.717) is 54.5 Å². The number of phenols is 1. The molecule has 6 N–H and O–H groups in total. The van der Waals surface area contributed by atoms with Gasteiger partial charge < -0.3 is 36.2 Å². The average Bonchev–Trinajstić information content (AvgIpc) is 3.38. The number of benzene rings is 1. The Kier molecular flexibility index (Phi) is 12.1. The van der Waals surface area contributed by atoms with E-state index in [9.17, 15) is 23.4 Å². The van der Waals surface area contributed by atoms with Gasteiger partial charge in [-0.25, -0.2) is 0 Å². The molecule has 280 valence electrons. The van der Waals surface area contributed by atoms with Crippen LogP contribution in [0.1, 0.15) is 102 Å². The number of alkyl halides is 3. The van der Waals surface area contributed by atoms with Crippen LogP contribution in [-0.2, 0) is 11.2 Å². The zero-order valence-electron chi connectivity index (χ0n) is 30.2. The zero-order chi connectivity index (χ0) is 35.5. The number of hydrogen-bond acceptors (Lipinski definition) is 8. The molecule has 8 nitrogen and oxygen atoms in total. The molecule has 1 saturated heterocycles. The van der Waals surface area contributed by atoms with Crippen molar-refractivity contribution in [2.24, 2.45) is 34.1 Å². The molecule has 0 aromatic heterocycles. The van der Waals surface area contributed by atoms with E-state index in [1.807, 2.05) is 12.1 Å². The molecule has 50 heavy (non-hydrogen) atoms. The van der Waals surface area contributed by atoms with E-state index in [1.54, 1.807) is 0 Å². The van der Waals surface area contributed by atoms with E-state index in [1.165, 1.54) is 62.3 Å². The summed E-state index contributed by atoms with van der Waals surface area (Å²) in [5.41, 5.74) is 2.99. The summed E-state index contributed by atoms with van der Waals surface area (Å²) in [6.07, 6.45) is 11.6. The first-order valence-corrected chi connectivity index (χ1v) is 19.3. The van der Waals surface area contributed by atoms with Gasteiger partial charge in [0.15, 0.2) is 6.04 Å². The van der Waals surface area contributed by atoms with Gasteiger partial charge >= 0.3 is 6.18 Å². The van der Waals surface area contributed by atoms with Gasteiger partial charge in [0.1, 0.15) is 11.6 Å². The quantitative estimate of drug-likeness (QED) is 0.163. The minimum atomic E-state index is -4.33. The summed E-state index contributed by atoms with van der Waals surface area (Å²) >= 11 is 0. The monoisotopic (exact) mass is 703 g/mol. The smallest absolute Gasteiger partial charge is 0.413 e. The molecule has 0 bridgehead atoms. The Hall–Kier alpha value is -2.34. The first kappa shape index (κ1) is 37.4. The number of aliphatic hydroxyl groups is 1. The predicted octanol–water partition coefficient (Wildman–Crippen LogP) is 6.14. The van der Waals surface area contributed by atoms with Gasteiger partial charge in [-0.2, -0.15) is 13.2 Å². The average molecular weight is 704 g/mol. The molecule has 0 radical (unpaired) electrons. The summed E-state index contributed by atoms with van der Waals surface area (Å²) in [6.45, 7) is 7.02. The Labute approximate surface area is 296 Å². The van der Waals surface area contributed by atoms with Crippen molar-refractivity contribution in [1.29, 1.82) is 0 Å². The third kappa shape index (κ3) is 8.64. The van der Waals surface area contributed by atoms with Gasteiger partial charge in [0.25, 0.3) is 0 Å². The number of nitrogens with zero attached hydrogens (tertiary/aromatic N) is 1. The summed E-state index contributed by atoms with van der Waals surface area (Å²) in [7, 11) is 2.07. The van der Waals surface area contributed by atoms with Crippen LogP contribution in [0.3, 0.4) is 0 Å². The lowest BCUT2D eigenvalue weighted by atomic mass is 9.52. The van der Waals surface area contributed by atoms with Crippen molar-refractivity contribution in [3.05, 3.63) is 41.3 Å². The fourth-order valence-electron chi connectivity index (χ4n) is 10.2. The fraction of sp³-hybridized carbons (Fsp3) is 0.769. The summed E-state index contributed by atoms with van der Waals surface area (Å²) in [6, 6.07) is 5.81. The molecule has 9 atom stereocenters. The second kappa shape index (κ2) is 16.1. The van der Waals surface area contributed by atoms with Gasteiger partial charge in [0.2, 0.25) is 0 Å². The van der Waals surface area contributed by atoms with Crippen LogP contribution in [0.25, 0.3) is 0 Å². The van der Waals surface area contributed by atoms with Crippen LogP contribution in [0.2, 0.25) is 0 Å². The Bertz CT molecular complexity index is 1330. The van der Waals surface area contributed by atoms with Gasteiger partial charge in [0, 0.05) is 24.9 Å². The topological polar surface area (TPSA) is 110 Å². The first-order valence-electron chi connectivity index (χ1n) is 19.3. The molecule has 4 aliphatic carbocycles. The number of rotatable bonds is 10. The summed E-state index contributed by atoms with van der Waals surface area (Å²) in [5.74, 6) is 4.22. The summed E-state index contributed by atoms with van der Waals surface area (Å²) in [5, 5.41) is 33.5. The number of halogens is 3. The van der Waals surface area contributed by atoms with E-state index in [0.717, 1.165) is 56.8 Å². The number of ether oxygens (including phenoxy) is 1. The second-order valence-electron chi connectivity index (χ2n) is 16.4. The van der Waals surface area contributed by atoms with Crippen molar-refractivity contribution in [3.63, 3.8) is 0 Å². The van der Waals surface area contributed by atoms with Crippen LogP contribution in [0, 0.1) is 29.1 Å². The van der Waals surface area contributed by atoms with Crippen LogP contribution in [0.5, 0.6) is 5.75 Å². The van der Waals surface area contributed by atoms with E-state index < -0.39 is 12.2 Å². The molecular formula is C39H60F3N5O3. The molecule has 2 heterocycles. The zero-order valence-corrected chi connectivity index (χ0v) is 30.2. The summed E-state index contributed by atoms with van der Waals surface area (Å²) < 4.78 is 42.6. The molecule has 0 spiro atoms. The number of phenolic OH excluding ortho intramolecular Hbond substituents is 1. The number of nitrogens with one attached hydrogen (secondary N) is 4. The van der Waals surface area contributed by atoms with Crippen LogP contribution in [0.4, 0.5) is 13.2 Å². The Balaban J connectivity index is 0.000000214. The normalized spacial score (nSPS) is 36.7. The molecule has 11 heteroatoms. The molecule has 7 rings (SSSR count). The van der Waals surface area contributed by atoms with Gasteiger partial charge in [-0.3, -0.25) is 4.99 Å². The van der Waals surface area contributed by atoms with Crippen molar-refractivity contribution >= 4 is 6.21 Å². The van der Waals surface area contributed by atoms with Crippen LogP contribution < -0.4 is 21.3 Å². The van der Waals surface area contributed by atoms with E-state index in [2.05, 4.69) is 53.2 Å². The largest absolute Gasteiger partial charge is 0.508 e. The maximum absolute atomic E-state index is 12.5. The maximum Gasteiger partial charge on any atom is 0.413 e. The van der Waals surface area contributed by atoms with E-state index in [4.69, 9.17) is 4.74 Å². The molecule has 1 aromatic rings. The van der Waals surface area contributed by atoms with Crippen molar-refractivity contribution in [2.75, 3.05) is 26.8 Å². The molecule has 6 aliphatic rings. The van der Waals surface area contributed by atoms with Crippen LogP contribution in [-0.4, -0.2) is 79.7 Å². The van der Waals surface area contributed by atoms with Crippen LogP contribution >= 0.6 is 0 Å². The van der Waals surface area contributed by atoms with Crippen molar-refractivity contribution in [1.82, 2.24) is 21.3 Å². The lowest BCUT2D eigenvalue weighted by Gasteiger charge is -2.53. The van der Waals surface area contributed by atoms with E-state index in [-0.39, 0.29) is 17.6 Å². The Morgan fingerprint density at radius 1 is 1.14 bits per heavy atom. The number of aliphatic imine (C=N–C) groups is 1. The van der Waals surface area contributed by atoms with Crippen molar-refractivity contribution < 1.29 is 28.1 Å². The first-order chi connectivity index (χ1) is 23.9. The van der Waals surface area contributed by atoms with Gasteiger partial charge in [-0.1, -0.05) is 13.0 Å². The van der Waals surface area contributed by atoms with Gasteiger partial charge in [0.05, 0.1) is 25.0 Å². The molecule has 9 unspecified atom stereocenters. The minimum absolute atomic E-state index is 0.0460. The predicted molar refractivity (Wildman–Crippen MR) is 191 cm³/mol. The Morgan fingerprint density at radius 2 is 1.96 bits per heavy atom. The molecule has 4 fully saturated rings. The highest BCUT2D eigenvalue weighted by Crippen LogP contribution is 2.62. The third-order valence-corrected chi connectivity index (χ3v) is 13.1. The number of aromatic hydroxyl groups is 1. The van der Waals surface area contributed by atoms with E-state index >= 15 is 0 Å². The van der Waals surface area contributed by atoms with Crippen molar-refractivity contribution in [3.8, 4) is 5.75 Å². The molecule has 0 amide bonds. The lowest BCUT2D eigenvalue weighted by molar-refractivity contribution is -0.137. The molecule has 1 aromatic carbocycles. The molecule has 3 saturated carbocycles. The highest BCUT2D eigenvalue weighted by molar-refractivity contribution is 5.68. The minimum Gasteiger partial charge on any atom is -0.508 e. The molecule has 2 aliphatic heterocycles. The standard InChI is InChI=1S/C29H46N2O2.C10H14F3N3O/c1-18(30-3)13-19-14-22(15-19)31-12-4-5-20-16-21-17-23(32)6-7-24(21)25-10-11-29(2)26(28(20)25)8-9-27(29)33;11-10(12,13)8-4-14-5-9(16-8)15-7-2-1-3-17-6-7/h6-7,17-20,22,25-28,30-33H,4-5,8-16H2,1-3H3;4-5,7-8,15-16H,1-3,6H2. The van der Waals surface area contributed by atoms with Crippen LogP contribution in [0.15, 0.2) is 35.2 Å². The van der Waals surface area contributed by atoms with Gasteiger partial charge in [-0.15, -0.1) is 0 Å². The second-order valence-corrected chi connectivity index (χ2v) is 16.4. The Morgan fingerprint density at radius 3 is 2.70 bits per heavy atom. The highest BCUT2D eigenvalue weighted by Gasteiger charge is 2.56. The fourth-order valence-corrected chi connectivity index (χ4v) is 10.2. The SMILES string of the molecule is CNC(C)CC1CC(NCCCC2Cc3cc(O)ccc3C3CCC4(C)C(O)CCC4C23)C1.FC(F)(F)C1C=NC=C(NC2CCCOC2)N1. The summed E-state index contributed by atoms with van der Waals surface area (Å²) in [4.78, 5) is 3.60. The third-order valence-electron chi connectivity index (χ3n) is 13.1.